The summed E-state index contributed by atoms with van der Waals surface area (Å²) >= 11 is 0. The molecule has 0 bridgehead atoms. The standard InChI is InChI=1S/C21H24N2O4/c1-4-21(5-2)13-17(16-8-6-7-9-19(16)27-21)22-20(24)15-10-11-18(23(25)26)14(3)12-15/h6-12,17H,4-5,13H2,1-3H3,(H,22,24)/t17-/m0/s1. The Morgan fingerprint density at radius 1 is 1.26 bits per heavy atom. The van der Waals surface area contributed by atoms with E-state index in [4.69, 9.17) is 4.74 Å². The molecular weight excluding hydrogens is 344 g/mol. The molecule has 0 unspecified atom stereocenters. The average molecular weight is 368 g/mol. The van der Waals surface area contributed by atoms with Crippen molar-refractivity contribution < 1.29 is 14.5 Å². The van der Waals surface area contributed by atoms with Gasteiger partial charge in [0.15, 0.2) is 0 Å². The van der Waals surface area contributed by atoms with Gasteiger partial charge in [0.1, 0.15) is 11.4 Å². The van der Waals surface area contributed by atoms with Crippen LogP contribution in [0.2, 0.25) is 0 Å². The van der Waals surface area contributed by atoms with Gasteiger partial charge in [-0.3, -0.25) is 14.9 Å². The van der Waals surface area contributed by atoms with Crippen LogP contribution in [0.3, 0.4) is 0 Å². The lowest BCUT2D eigenvalue weighted by atomic mass is 9.83. The fraction of sp³-hybridized carbons (Fsp3) is 0.381. The van der Waals surface area contributed by atoms with Gasteiger partial charge in [-0.25, -0.2) is 0 Å². The number of benzene rings is 2. The van der Waals surface area contributed by atoms with Crippen LogP contribution >= 0.6 is 0 Å². The van der Waals surface area contributed by atoms with E-state index >= 15 is 0 Å². The molecule has 2 aromatic carbocycles. The molecule has 27 heavy (non-hydrogen) atoms. The van der Waals surface area contributed by atoms with Gasteiger partial charge in [-0.1, -0.05) is 32.0 Å². The molecule has 0 saturated carbocycles. The van der Waals surface area contributed by atoms with Crippen LogP contribution in [0.15, 0.2) is 42.5 Å². The first-order valence-corrected chi connectivity index (χ1v) is 9.23. The third kappa shape index (κ3) is 3.65. The number of hydrogen-bond acceptors (Lipinski definition) is 4. The number of hydrogen-bond donors (Lipinski definition) is 1. The zero-order valence-corrected chi connectivity index (χ0v) is 15.8. The Labute approximate surface area is 158 Å². The first-order chi connectivity index (χ1) is 12.9. The third-order valence-corrected chi connectivity index (χ3v) is 5.45. The molecule has 0 spiro atoms. The molecule has 1 heterocycles. The van der Waals surface area contributed by atoms with Crippen molar-refractivity contribution in [2.45, 2.75) is 51.7 Å². The van der Waals surface area contributed by atoms with Crippen molar-refractivity contribution in [3.8, 4) is 5.75 Å². The van der Waals surface area contributed by atoms with Crippen molar-refractivity contribution in [1.82, 2.24) is 5.32 Å². The lowest BCUT2D eigenvalue weighted by Crippen LogP contribution is -2.44. The van der Waals surface area contributed by atoms with E-state index in [1.807, 2.05) is 24.3 Å². The fourth-order valence-electron chi connectivity index (χ4n) is 3.67. The summed E-state index contributed by atoms with van der Waals surface area (Å²) in [6.45, 7) is 5.82. The number of rotatable bonds is 5. The van der Waals surface area contributed by atoms with Gasteiger partial charge in [-0.05, 0) is 38.0 Å². The van der Waals surface area contributed by atoms with Crippen LogP contribution in [0.5, 0.6) is 5.75 Å². The minimum absolute atomic E-state index is 0.0129. The van der Waals surface area contributed by atoms with Gasteiger partial charge in [0.2, 0.25) is 0 Å². The highest BCUT2D eigenvalue weighted by atomic mass is 16.6. The number of amides is 1. The van der Waals surface area contributed by atoms with E-state index in [1.165, 1.54) is 12.1 Å². The van der Waals surface area contributed by atoms with Crippen LogP contribution in [0.1, 0.15) is 60.6 Å². The van der Waals surface area contributed by atoms with Gasteiger partial charge in [0.05, 0.1) is 11.0 Å². The molecule has 1 aliphatic heterocycles. The van der Waals surface area contributed by atoms with Crippen LogP contribution in [-0.2, 0) is 0 Å². The average Bonchev–Trinajstić information content (AvgIpc) is 2.67. The molecule has 2 aromatic rings. The van der Waals surface area contributed by atoms with Gasteiger partial charge >= 0.3 is 0 Å². The van der Waals surface area contributed by atoms with E-state index in [1.54, 1.807) is 13.0 Å². The van der Waals surface area contributed by atoms with E-state index in [0.717, 1.165) is 24.2 Å². The van der Waals surface area contributed by atoms with E-state index < -0.39 is 4.92 Å². The molecule has 6 heteroatoms. The molecule has 142 valence electrons. The molecule has 1 aliphatic rings. The Bertz CT molecular complexity index is 874. The Kier molecular flexibility index (Phi) is 5.17. The second-order valence-electron chi connectivity index (χ2n) is 7.02. The molecule has 0 radical (unpaired) electrons. The van der Waals surface area contributed by atoms with E-state index in [9.17, 15) is 14.9 Å². The topological polar surface area (TPSA) is 81.5 Å². The number of ether oxygens (including phenoxy) is 1. The van der Waals surface area contributed by atoms with E-state index in [2.05, 4.69) is 19.2 Å². The van der Waals surface area contributed by atoms with Crippen molar-refractivity contribution in [3.63, 3.8) is 0 Å². The number of aryl methyl sites for hydroxylation is 1. The number of nitrogens with one attached hydrogen (secondary N) is 1. The van der Waals surface area contributed by atoms with Crippen molar-refractivity contribution in [2.24, 2.45) is 0 Å². The van der Waals surface area contributed by atoms with Gasteiger partial charge < -0.3 is 10.1 Å². The van der Waals surface area contributed by atoms with Crippen molar-refractivity contribution >= 4 is 11.6 Å². The Morgan fingerprint density at radius 2 is 1.96 bits per heavy atom. The SMILES string of the molecule is CCC1(CC)C[C@H](NC(=O)c2ccc([N+](=O)[O-])c(C)c2)c2ccccc2O1. The number of fused-ring (bicyclic) bond motifs is 1. The van der Waals surface area contributed by atoms with Crippen LogP contribution in [0.4, 0.5) is 5.69 Å². The predicted molar refractivity (Wildman–Crippen MR) is 103 cm³/mol. The van der Waals surface area contributed by atoms with Crippen molar-refractivity contribution in [1.29, 1.82) is 0 Å². The number of para-hydroxylation sites is 1. The van der Waals surface area contributed by atoms with Gasteiger partial charge in [0.25, 0.3) is 11.6 Å². The first-order valence-electron chi connectivity index (χ1n) is 9.23. The zero-order valence-electron chi connectivity index (χ0n) is 15.8. The molecule has 1 N–H and O–H groups in total. The van der Waals surface area contributed by atoms with Crippen LogP contribution < -0.4 is 10.1 Å². The lowest BCUT2D eigenvalue weighted by molar-refractivity contribution is -0.385. The second kappa shape index (κ2) is 7.39. The third-order valence-electron chi connectivity index (χ3n) is 5.45. The monoisotopic (exact) mass is 368 g/mol. The number of nitrogens with zero attached hydrogens (tertiary/aromatic N) is 1. The summed E-state index contributed by atoms with van der Waals surface area (Å²) in [6.07, 6.45) is 2.39. The Hall–Kier alpha value is -2.89. The Balaban J connectivity index is 1.88. The summed E-state index contributed by atoms with van der Waals surface area (Å²) < 4.78 is 6.27. The maximum Gasteiger partial charge on any atom is 0.272 e. The van der Waals surface area contributed by atoms with Crippen molar-refractivity contribution in [2.75, 3.05) is 0 Å². The van der Waals surface area contributed by atoms with Gasteiger partial charge in [-0.2, -0.15) is 0 Å². The molecule has 3 rings (SSSR count). The molecular formula is C21H24N2O4. The van der Waals surface area contributed by atoms with Crippen LogP contribution in [-0.4, -0.2) is 16.4 Å². The summed E-state index contributed by atoms with van der Waals surface area (Å²) in [5.74, 6) is 0.563. The van der Waals surface area contributed by atoms with Crippen LogP contribution in [0.25, 0.3) is 0 Å². The molecule has 0 aliphatic carbocycles. The predicted octanol–water partition coefficient (Wildman–Crippen LogP) is 4.72. The molecule has 0 fully saturated rings. The fourth-order valence-corrected chi connectivity index (χ4v) is 3.67. The summed E-state index contributed by atoms with van der Waals surface area (Å²) in [4.78, 5) is 23.4. The highest BCUT2D eigenvalue weighted by molar-refractivity contribution is 5.95. The van der Waals surface area contributed by atoms with Crippen LogP contribution in [0, 0.1) is 17.0 Å². The highest BCUT2D eigenvalue weighted by Crippen LogP contribution is 2.42. The molecule has 1 amide bonds. The summed E-state index contributed by atoms with van der Waals surface area (Å²) in [6, 6.07) is 12.0. The molecule has 0 aromatic heterocycles. The number of nitro benzene ring substituents is 1. The zero-order chi connectivity index (χ0) is 19.6. The smallest absolute Gasteiger partial charge is 0.272 e. The van der Waals surface area contributed by atoms with Gasteiger partial charge in [-0.15, -0.1) is 0 Å². The highest BCUT2D eigenvalue weighted by Gasteiger charge is 2.39. The quantitative estimate of drug-likeness (QED) is 0.612. The van der Waals surface area contributed by atoms with Gasteiger partial charge in [0, 0.05) is 29.2 Å². The second-order valence-corrected chi connectivity index (χ2v) is 7.02. The molecule has 0 saturated heterocycles. The maximum atomic E-state index is 12.8. The summed E-state index contributed by atoms with van der Waals surface area (Å²) in [5, 5.41) is 14.1. The number of carbonyl (C=O) groups excluding carboxylic acids is 1. The number of carbonyl (C=O) groups is 1. The van der Waals surface area contributed by atoms with Crippen molar-refractivity contribution in [3.05, 3.63) is 69.3 Å². The molecule has 1 atom stereocenters. The normalized spacial score (nSPS) is 17.5. The Morgan fingerprint density at radius 3 is 2.59 bits per heavy atom. The summed E-state index contributed by atoms with van der Waals surface area (Å²) in [5.41, 5.74) is 1.55. The molecule has 6 nitrogen and oxygen atoms in total. The minimum atomic E-state index is -0.442. The number of nitro groups is 1. The largest absolute Gasteiger partial charge is 0.487 e. The van der Waals surface area contributed by atoms with E-state index in [-0.39, 0.29) is 23.2 Å². The summed E-state index contributed by atoms with van der Waals surface area (Å²) in [7, 11) is 0. The maximum absolute atomic E-state index is 12.8. The van der Waals surface area contributed by atoms with E-state index in [0.29, 0.717) is 17.5 Å². The first kappa shape index (κ1) is 18.9. The minimum Gasteiger partial charge on any atom is -0.487 e. The lowest BCUT2D eigenvalue weighted by Gasteiger charge is -2.41.